The van der Waals surface area contributed by atoms with E-state index in [2.05, 4.69) is 0 Å². The molecule has 1 aromatic carbocycles. The molecule has 2 rings (SSSR count). The Morgan fingerprint density at radius 3 is 2.33 bits per heavy atom. The average molecular weight is 255 g/mol. The highest BCUT2D eigenvalue weighted by Gasteiger charge is 2.21. The molecule has 98 valence electrons. The zero-order valence-electron chi connectivity index (χ0n) is 10.2. The summed E-state index contributed by atoms with van der Waals surface area (Å²) in [5.74, 6) is -1.64. The lowest BCUT2D eigenvalue weighted by Crippen LogP contribution is -2.37. The lowest BCUT2D eigenvalue weighted by molar-refractivity contribution is 0.0987. The monoisotopic (exact) mass is 255 g/mol. The number of ketones is 1. The molecule has 0 aromatic heterocycles. The van der Waals surface area contributed by atoms with Crippen LogP contribution in [0.2, 0.25) is 0 Å². The first-order valence-electron chi connectivity index (χ1n) is 5.98. The third-order valence-corrected chi connectivity index (χ3v) is 2.99. The van der Waals surface area contributed by atoms with Crippen molar-refractivity contribution in [2.45, 2.75) is 13.3 Å². The Bertz CT molecular complexity index is 433. The SMILES string of the molecule is CCC(=O)c1cc(F)c(N2CCOCC2)c(F)c1. The normalized spacial score (nSPS) is 15.8. The van der Waals surface area contributed by atoms with E-state index in [0.29, 0.717) is 26.3 Å². The average Bonchev–Trinajstić information content (AvgIpc) is 2.38. The Balaban J connectivity index is 2.34. The van der Waals surface area contributed by atoms with Crippen molar-refractivity contribution < 1.29 is 18.3 Å². The van der Waals surface area contributed by atoms with Gasteiger partial charge in [0.2, 0.25) is 0 Å². The first-order valence-corrected chi connectivity index (χ1v) is 5.98. The maximum atomic E-state index is 13.9. The molecule has 1 aliphatic rings. The molecule has 1 aromatic rings. The highest BCUT2D eigenvalue weighted by atomic mass is 19.1. The summed E-state index contributed by atoms with van der Waals surface area (Å²) in [4.78, 5) is 13.0. The molecule has 3 nitrogen and oxygen atoms in total. The third kappa shape index (κ3) is 2.51. The van der Waals surface area contributed by atoms with E-state index in [4.69, 9.17) is 4.74 Å². The fourth-order valence-electron chi connectivity index (χ4n) is 2.02. The molecule has 1 aliphatic heterocycles. The molecule has 18 heavy (non-hydrogen) atoms. The Morgan fingerprint density at radius 1 is 1.28 bits per heavy atom. The Hall–Kier alpha value is -1.49. The van der Waals surface area contributed by atoms with Gasteiger partial charge < -0.3 is 9.64 Å². The van der Waals surface area contributed by atoms with Gasteiger partial charge in [-0.15, -0.1) is 0 Å². The van der Waals surface area contributed by atoms with Gasteiger partial charge >= 0.3 is 0 Å². The molecule has 5 heteroatoms. The predicted molar refractivity (Wildman–Crippen MR) is 64.0 cm³/mol. The molecule has 0 N–H and O–H groups in total. The van der Waals surface area contributed by atoms with Crippen LogP contribution in [0, 0.1) is 11.6 Å². The molecule has 0 bridgehead atoms. The number of hydrogen-bond acceptors (Lipinski definition) is 3. The van der Waals surface area contributed by atoms with Crippen LogP contribution in [0.25, 0.3) is 0 Å². The van der Waals surface area contributed by atoms with Gasteiger partial charge in [0.15, 0.2) is 5.78 Å². The summed E-state index contributed by atoms with van der Waals surface area (Å²) in [7, 11) is 0. The first kappa shape index (κ1) is 13.0. The quantitative estimate of drug-likeness (QED) is 0.777. The highest BCUT2D eigenvalue weighted by Crippen LogP contribution is 2.26. The van der Waals surface area contributed by atoms with E-state index in [0.717, 1.165) is 12.1 Å². The van der Waals surface area contributed by atoms with Crippen LogP contribution in [0.15, 0.2) is 12.1 Å². The second-order valence-corrected chi connectivity index (χ2v) is 4.16. The van der Waals surface area contributed by atoms with Crippen molar-refractivity contribution in [3.05, 3.63) is 29.3 Å². The van der Waals surface area contributed by atoms with E-state index < -0.39 is 11.6 Å². The second-order valence-electron chi connectivity index (χ2n) is 4.16. The number of Topliss-reactive ketones (excluding diaryl/α,β-unsaturated/α-hetero) is 1. The van der Waals surface area contributed by atoms with Crippen molar-refractivity contribution in [1.82, 2.24) is 0 Å². The van der Waals surface area contributed by atoms with Gasteiger partial charge in [0.1, 0.15) is 17.3 Å². The lowest BCUT2D eigenvalue weighted by Gasteiger charge is -2.29. The molecule has 1 heterocycles. The number of carbonyl (C=O) groups is 1. The van der Waals surface area contributed by atoms with Gasteiger partial charge in [-0.05, 0) is 12.1 Å². The van der Waals surface area contributed by atoms with Crippen molar-refractivity contribution in [1.29, 1.82) is 0 Å². The maximum absolute atomic E-state index is 13.9. The lowest BCUT2D eigenvalue weighted by atomic mass is 10.1. The number of anilines is 1. The van der Waals surface area contributed by atoms with Crippen LogP contribution in [-0.4, -0.2) is 32.1 Å². The van der Waals surface area contributed by atoms with Crippen molar-refractivity contribution >= 4 is 11.5 Å². The fraction of sp³-hybridized carbons (Fsp3) is 0.462. The summed E-state index contributed by atoms with van der Waals surface area (Å²) in [5.41, 5.74) is 0.0236. The van der Waals surface area contributed by atoms with Crippen LogP contribution in [0.1, 0.15) is 23.7 Å². The number of carbonyl (C=O) groups excluding carboxylic acids is 1. The standard InChI is InChI=1S/C13H15F2NO2/c1-2-12(17)9-7-10(14)13(11(15)8-9)16-3-5-18-6-4-16/h7-8H,2-6H2,1H3. The largest absolute Gasteiger partial charge is 0.378 e. The fourth-order valence-corrected chi connectivity index (χ4v) is 2.02. The number of rotatable bonds is 3. The van der Waals surface area contributed by atoms with E-state index in [1.165, 1.54) is 0 Å². The summed E-state index contributed by atoms with van der Waals surface area (Å²) in [6, 6.07) is 2.22. The number of ether oxygens (including phenoxy) is 1. The first-order chi connectivity index (χ1) is 8.63. The van der Waals surface area contributed by atoms with Gasteiger partial charge in [-0.25, -0.2) is 8.78 Å². The van der Waals surface area contributed by atoms with Gasteiger partial charge in [0, 0.05) is 25.1 Å². The topological polar surface area (TPSA) is 29.5 Å². The van der Waals surface area contributed by atoms with Gasteiger partial charge in [-0.2, -0.15) is 0 Å². The van der Waals surface area contributed by atoms with Gasteiger partial charge in [-0.3, -0.25) is 4.79 Å². The summed E-state index contributed by atoms with van der Waals surface area (Å²) in [6.45, 7) is 3.47. The van der Waals surface area contributed by atoms with E-state index in [1.807, 2.05) is 0 Å². The Morgan fingerprint density at radius 2 is 1.83 bits per heavy atom. The number of hydrogen-bond donors (Lipinski definition) is 0. The zero-order valence-corrected chi connectivity index (χ0v) is 10.2. The van der Waals surface area contributed by atoms with Crippen LogP contribution < -0.4 is 4.90 Å². The van der Waals surface area contributed by atoms with Crippen molar-refractivity contribution in [2.24, 2.45) is 0 Å². The van der Waals surface area contributed by atoms with E-state index in [9.17, 15) is 13.6 Å². The predicted octanol–water partition coefficient (Wildman–Crippen LogP) is 2.39. The van der Waals surface area contributed by atoms with E-state index in [-0.39, 0.29) is 23.5 Å². The van der Waals surface area contributed by atoms with Crippen molar-refractivity contribution in [3.8, 4) is 0 Å². The molecule has 0 radical (unpaired) electrons. The number of benzene rings is 1. The minimum absolute atomic E-state index is 0.0639. The van der Waals surface area contributed by atoms with Crippen LogP contribution in [-0.2, 0) is 4.74 Å². The smallest absolute Gasteiger partial charge is 0.162 e. The number of halogens is 2. The summed E-state index contributed by atoms with van der Waals surface area (Å²) in [5, 5.41) is 0. The molecule has 0 saturated carbocycles. The molecule has 0 spiro atoms. The molecule has 0 atom stereocenters. The third-order valence-electron chi connectivity index (χ3n) is 2.99. The van der Waals surface area contributed by atoms with Crippen LogP contribution in [0.4, 0.5) is 14.5 Å². The molecular formula is C13H15F2NO2. The minimum atomic E-state index is -0.686. The second kappa shape index (κ2) is 5.44. The van der Waals surface area contributed by atoms with Gasteiger partial charge in [0.25, 0.3) is 0 Å². The van der Waals surface area contributed by atoms with Crippen LogP contribution in [0.5, 0.6) is 0 Å². The minimum Gasteiger partial charge on any atom is -0.378 e. The van der Waals surface area contributed by atoms with Gasteiger partial charge in [0.05, 0.1) is 13.2 Å². The molecule has 1 fully saturated rings. The molecule has 0 unspecified atom stereocenters. The van der Waals surface area contributed by atoms with Crippen LogP contribution >= 0.6 is 0 Å². The zero-order chi connectivity index (χ0) is 13.1. The summed E-state index contributed by atoms with van der Waals surface area (Å²) in [6.07, 6.45) is 0.232. The highest BCUT2D eigenvalue weighted by molar-refractivity contribution is 5.96. The summed E-state index contributed by atoms with van der Waals surface area (Å²) >= 11 is 0. The molecular weight excluding hydrogens is 240 g/mol. The Labute approximate surface area is 104 Å². The van der Waals surface area contributed by atoms with Crippen molar-refractivity contribution in [2.75, 3.05) is 31.2 Å². The molecule has 0 aliphatic carbocycles. The Kier molecular flexibility index (Phi) is 3.91. The molecule has 0 amide bonds. The van der Waals surface area contributed by atoms with E-state index in [1.54, 1.807) is 11.8 Å². The summed E-state index contributed by atoms with van der Waals surface area (Å²) < 4.78 is 33.0. The molecule has 1 saturated heterocycles. The van der Waals surface area contributed by atoms with Crippen molar-refractivity contribution in [3.63, 3.8) is 0 Å². The number of nitrogens with zero attached hydrogens (tertiary/aromatic N) is 1. The van der Waals surface area contributed by atoms with Crippen LogP contribution in [0.3, 0.4) is 0 Å². The maximum Gasteiger partial charge on any atom is 0.162 e. The van der Waals surface area contributed by atoms with Gasteiger partial charge in [-0.1, -0.05) is 6.92 Å². The van der Waals surface area contributed by atoms with E-state index >= 15 is 0 Å². The number of morpholine rings is 1.